The van der Waals surface area contributed by atoms with Gasteiger partial charge in [-0.3, -0.25) is 4.79 Å². The lowest BCUT2D eigenvalue weighted by Gasteiger charge is -2.14. The molecule has 0 heterocycles. The molecule has 0 aliphatic carbocycles. The Bertz CT molecular complexity index is 870. The summed E-state index contributed by atoms with van der Waals surface area (Å²) in [5.74, 6) is 0.662. The van der Waals surface area contributed by atoms with Crippen molar-refractivity contribution >= 4 is 28.1 Å². The number of carbonyl (C=O) groups is 1. The molecule has 122 valence electrons. The average Bonchev–Trinajstić information content (AvgIpc) is 2.62. The molecule has 0 atom stereocenters. The zero-order valence-electron chi connectivity index (χ0n) is 14.0. The number of anilines is 2. The van der Waals surface area contributed by atoms with Gasteiger partial charge in [0.2, 0.25) is 0 Å². The number of hydrogen-bond donors (Lipinski definition) is 1. The van der Waals surface area contributed by atoms with Gasteiger partial charge in [0.1, 0.15) is 5.75 Å². The lowest BCUT2D eigenvalue weighted by molar-refractivity contribution is 0.102. The standard InChI is InChI=1S/C20H20N2O2/c1-22(2)15-10-8-14(9-11-15)20(23)21-18-12-13-19(24-3)17-7-5-4-6-16(17)18/h4-13H,1-3H3,(H,21,23). The van der Waals surface area contributed by atoms with Gasteiger partial charge in [-0.2, -0.15) is 0 Å². The smallest absolute Gasteiger partial charge is 0.255 e. The number of amides is 1. The zero-order chi connectivity index (χ0) is 17.1. The SMILES string of the molecule is COc1ccc(NC(=O)c2ccc(N(C)C)cc2)c2ccccc12. The topological polar surface area (TPSA) is 41.6 Å². The van der Waals surface area contributed by atoms with Crippen LogP contribution in [0, 0.1) is 0 Å². The van der Waals surface area contributed by atoms with E-state index in [4.69, 9.17) is 4.74 Å². The summed E-state index contributed by atoms with van der Waals surface area (Å²) in [6.45, 7) is 0. The van der Waals surface area contributed by atoms with Gasteiger partial charge in [-0.25, -0.2) is 0 Å². The highest BCUT2D eigenvalue weighted by atomic mass is 16.5. The largest absolute Gasteiger partial charge is 0.496 e. The molecule has 0 saturated heterocycles. The monoisotopic (exact) mass is 320 g/mol. The van der Waals surface area contributed by atoms with Crippen LogP contribution in [-0.4, -0.2) is 27.1 Å². The van der Waals surface area contributed by atoms with Gasteiger partial charge in [0.15, 0.2) is 0 Å². The third-order valence-electron chi connectivity index (χ3n) is 4.00. The van der Waals surface area contributed by atoms with Crippen molar-refractivity contribution in [2.24, 2.45) is 0 Å². The zero-order valence-corrected chi connectivity index (χ0v) is 14.0. The van der Waals surface area contributed by atoms with Crippen molar-refractivity contribution < 1.29 is 9.53 Å². The summed E-state index contributed by atoms with van der Waals surface area (Å²) in [5.41, 5.74) is 2.45. The number of rotatable bonds is 4. The summed E-state index contributed by atoms with van der Waals surface area (Å²) in [7, 11) is 5.59. The summed E-state index contributed by atoms with van der Waals surface area (Å²) in [5, 5.41) is 4.92. The highest BCUT2D eigenvalue weighted by molar-refractivity contribution is 6.10. The Morgan fingerprint density at radius 2 is 1.58 bits per heavy atom. The molecule has 3 aromatic carbocycles. The van der Waals surface area contributed by atoms with Gasteiger partial charge in [-0.1, -0.05) is 24.3 Å². The molecule has 0 spiro atoms. The van der Waals surface area contributed by atoms with E-state index in [9.17, 15) is 4.79 Å². The van der Waals surface area contributed by atoms with Crippen molar-refractivity contribution in [1.82, 2.24) is 0 Å². The Hall–Kier alpha value is -3.01. The van der Waals surface area contributed by atoms with Crippen LogP contribution in [0.1, 0.15) is 10.4 Å². The van der Waals surface area contributed by atoms with Crippen molar-refractivity contribution in [1.29, 1.82) is 0 Å². The van der Waals surface area contributed by atoms with Gasteiger partial charge in [0.05, 0.1) is 7.11 Å². The van der Waals surface area contributed by atoms with E-state index < -0.39 is 0 Å². The van der Waals surface area contributed by atoms with Crippen LogP contribution in [0.5, 0.6) is 5.75 Å². The highest BCUT2D eigenvalue weighted by Gasteiger charge is 2.11. The van der Waals surface area contributed by atoms with Crippen LogP contribution in [0.15, 0.2) is 60.7 Å². The minimum absolute atomic E-state index is 0.129. The maximum Gasteiger partial charge on any atom is 0.255 e. The molecule has 3 rings (SSSR count). The summed E-state index contributed by atoms with van der Waals surface area (Å²) in [6.07, 6.45) is 0. The maximum atomic E-state index is 12.5. The second kappa shape index (κ2) is 6.62. The molecule has 0 radical (unpaired) electrons. The molecule has 0 aliphatic rings. The summed E-state index contributed by atoms with van der Waals surface area (Å²) in [6, 6.07) is 19.1. The molecule has 24 heavy (non-hydrogen) atoms. The van der Waals surface area contributed by atoms with Crippen LogP contribution in [0.2, 0.25) is 0 Å². The third kappa shape index (κ3) is 3.04. The van der Waals surface area contributed by atoms with Crippen LogP contribution in [0.25, 0.3) is 10.8 Å². The fourth-order valence-corrected chi connectivity index (χ4v) is 2.66. The Kier molecular flexibility index (Phi) is 4.38. The fourth-order valence-electron chi connectivity index (χ4n) is 2.66. The summed E-state index contributed by atoms with van der Waals surface area (Å²) >= 11 is 0. The highest BCUT2D eigenvalue weighted by Crippen LogP contribution is 2.31. The number of hydrogen-bond acceptors (Lipinski definition) is 3. The van der Waals surface area contributed by atoms with E-state index in [0.29, 0.717) is 5.56 Å². The predicted molar refractivity (Wildman–Crippen MR) is 99.2 cm³/mol. The van der Waals surface area contributed by atoms with Crippen molar-refractivity contribution in [2.75, 3.05) is 31.4 Å². The van der Waals surface area contributed by atoms with E-state index >= 15 is 0 Å². The molecule has 0 aliphatic heterocycles. The van der Waals surface area contributed by atoms with Crippen molar-refractivity contribution in [3.8, 4) is 5.75 Å². The first kappa shape index (κ1) is 15.9. The molecule has 4 nitrogen and oxygen atoms in total. The first-order chi connectivity index (χ1) is 11.6. The van der Waals surface area contributed by atoms with Gasteiger partial charge in [-0.05, 0) is 36.4 Å². The van der Waals surface area contributed by atoms with Gasteiger partial charge < -0.3 is 15.0 Å². The Morgan fingerprint density at radius 1 is 0.917 bits per heavy atom. The minimum Gasteiger partial charge on any atom is -0.496 e. The summed E-state index contributed by atoms with van der Waals surface area (Å²) in [4.78, 5) is 14.5. The maximum absolute atomic E-state index is 12.5. The van der Waals surface area contributed by atoms with E-state index in [2.05, 4.69) is 5.32 Å². The number of nitrogens with zero attached hydrogens (tertiary/aromatic N) is 1. The van der Waals surface area contributed by atoms with Crippen molar-refractivity contribution in [2.45, 2.75) is 0 Å². The van der Waals surface area contributed by atoms with Crippen LogP contribution >= 0.6 is 0 Å². The number of methoxy groups -OCH3 is 1. The van der Waals surface area contributed by atoms with E-state index in [1.807, 2.05) is 79.7 Å². The predicted octanol–water partition coefficient (Wildman–Crippen LogP) is 4.17. The number of benzene rings is 3. The molecule has 3 aromatic rings. The Labute approximate surface area is 141 Å². The second-order valence-electron chi connectivity index (χ2n) is 5.76. The van der Waals surface area contributed by atoms with Gasteiger partial charge >= 0.3 is 0 Å². The molecule has 0 saturated carbocycles. The van der Waals surface area contributed by atoms with E-state index in [1.165, 1.54) is 0 Å². The van der Waals surface area contributed by atoms with Gasteiger partial charge in [0, 0.05) is 41.8 Å². The first-order valence-electron chi connectivity index (χ1n) is 7.74. The first-order valence-corrected chi connectivity index (χ1v) is 7.74. The molecule has 1 amide bonds. The lowest BCUT2D eigenvalue weighted by Crippen LogP contribution is -2.13. The molecule has 0 bridgehead atoms. The van der Waals surface area contributed by atoms with E-state index in [-0.39, 0.29) is 5.91 Å². The molecule has 1 N–H and O–H groups in total. The number of carbonyl (C=O) groups excluding carboxylic acids is 1. The van der Waals surface area contributed by atoms with Crippen molar-refractivity contribution in [3.05, 3.63) is 66.2 Å². The minimum atomic E-state index is -0.129. The molecule has 0 fully saturated rings. The molecule has 0 aromatic heterocycles. The fraction of sp³-hybridized carbons (Fsp3) is 0.150. The average molecular weight is 320 g/mol. The molecule has 4 heteroatoms. The van der Waals surface area contributed by atoms with Crippen LogP contribution in [0.3, 0.4) is 0 Å². The lowest BCUT2D eigenvalue weighted by atomic mass is 10.1. The Morgan fingerprint density at radius 3 is 2.21 bits per heavy atom. The molecular weight excluding hydrogens is 300 g/mol. The number of nitrogens with one attached hydrogen (secondary N) is 1. The Balaban J connectivity index is 1.91. The molecular formula is C20H20N2O2. The van der Waals surface area contributed by atoms with E-state index in [0.717, 1.165) is 27.9 Å². The van der Waals surface area contributed by atoms with Crippen LogP contribution < -0.4 is 15.0 Å². The van der Waals surface area contributed by atoms with Crippen molar-refractivity contribution in [3.63, 3.8) is 0 Å². The quantitative estimate of drug-likeness (QED) is 0.784. The normalized spacial score (nSPS) is 10.5. The number of ether oxygens (including phenoxy) is 1. The van der Waals surface area contributed by atoms with Crippen LogP contribution in [-0.2, 0) is 0 Å². The van der Waals surface area contributed by atoms with Crippen LogP contribution in [0.4, 0.5) is 11.4 Å². The molecule has 0 unspecified atom stereocenters. The van der Waals surface area contributed by atoms with E-state index in [1.54, 1.807) is 7.11 Å². The van der Waals surface area contributed by atoms with Gasteiger partial charge in [-0.15, -0.1) is 0 Å². The number of fused-ring (bicyclic) bond motifs is 1. The summed E-state index contributed by atoms with van der Waals surface area (Å²) < 4.78 is 5.39. The second-order valence-corrected chi connectivity index (χ2v) is 5.76. The van der Waals surface area contributed by atoms with Gasteiger partial charge in [0.25, 0.3) is 5.91 Å². The third-order valence-corrected chi connectivity index (χ3v) is 4.00.